The van der Waals surface area contributed by atoms with E-state index in [-0.39, 0.29) is 5.91 Å². The maximum atomic E-state index is 12.0. The summed E-state index contributed by atoms with van der Waals surface area (Å²) in [6.07, 6.45) is 0. The zero-order valence-corrected chi connectivity index (χ0v) is 13.8. The van der Waals surface area contributed by atoms with Gasteiger partial charge in [0.15, 0.2) is 0 Å². The first kappa shape index (κ1) is 14.3. The molecule has 0 saturated heterocycles. The fourth-order valence-electron chi connectivity index (χ4n) is 1.45. The quantitative estimate of drug-likeness (QED) is 0.795. The fourth-order valence-corrected chi connectivity index (χ4v) is 3.35. The molecule has 3 nitrogen and oxygen atoms in total. The SMILES string of the molecule is Cc1cc(C(=O)Nc2ccc(C#N)c(Br)c2)sc1Br. The molecule has 0 unspecified atom stereocenters. The van der Waals surface area contributed by atoms with E-state index in [1.165, 1.54) is 11.3 Å². The summed E-state index contributed by atoms with van der Waals surface area (Å²) in [6.45, 7) is 1.94. The minimum atomic E-state index is -0.157. The molecule has 2 aromatic rings. The molecule has 0 aliphatic heterocycles. The Morgan fingerprint density at radius 1 is 1.37 bits per heavy atom. The van der Waals surface area contributed by atoms with E-state index in [1.54, 1.807) is 18.2 Å². The van der Waals surface area contributed by atoms with Crippen molar-refractivity contribution in [3.63, 3.8) is 0 Å². The Kier molecular flexibility index (Phi) is 4.40. The first-order chi connectivity index (χ1) is 9.01. The molecule has 2 rings (SSSR count). The van der Waals surface area contributed by atoms with Gasteiger partial charge in [-0.3, -0.25) is 4.79 Å². The van der Waals surface area contributed by atoms with Crippen molar-refractivity contribution in [2.24, 2.45) is 0 Å². The average Bonchev–Trinajstić information content (AvgIpc) is 2.70. The Morgan fingerprint density at radius 3 is 2.63 bits per heavy atom. The van der Waals surface area contributed by atoms with E-state index in [2.05, 4.69) is 43.2 Å². The van der Waals surface area contributed by atoms with Crippen molar-refractivity contribution in [3.8, 4) is 6.07 Å². The van der Waals surface area contributed by atoms with Crippen molar-refractivity contribution in [3.05, 3.63) is 48.5 Å². The number of carbonyl (C=O) groups is 1. The molecule has 96 valence electrons. The van der Waals surface area contributed by atoms with Gasteiger partial charge in [-0.05, 0) is 68.6 Å². The number of amides is 1. The number of halogens is 2. The topological polar surface area (TPSA) is 52.9 Å². The molecule has 0 saturated carbocycles. The van der Waals surface area contributed by atoms with Crippen LogP contribution in [0.3, 0.4) is 0 Å². The van der Waals surface area contributed by atoms with E-state index in [4.69, 9.17) is 5.26 Å². The van der Waals surface area contributed by atoms with Gasteiger partial charge in [0.1, 0.15) is 6.07 Å². The van der Waals surface area contributed by atoms with Gasteiger partial charge in [0.25, 0.3) is 5.91 Å². The van der Waals surface area contributed by atoms with Gasteiger partial charge in [-0.25, -0.2) is 0 Å². The summed E-state index contributed by atoms with van der Waals surface area (Å²) in [6, 6.07) is 8.97. The molecule has 19 heavy (non-hydrogen) atoms. The number of carbonyl (C=O) groups excluding carboxylic acids is 1. The number of nitrogens with one attached hydrogen (secondary N) is 1. The molecule has 1 heterocycles. The standard InChI is InChI=1S/C13H8Br2N2OS/c1-7-4-11(19-12(7)15)13(18)17-9-3-2-8(6-16)10(14)5-9/h2-5H,1H3,(H,17,18). The molecule has 0 radical (unpaired) electrons. The molecule has 6 heteroatoms. The first-order valence-electron chi connectivity index (χ1n) is 5.28. The third-order valence-electron chi connectivity index (χ3n) is 2.43. The van der Waals surface area contributed by atoms with E-state index in [0.717, 1.165) is 9.35 Å². The second-order valence-electron chi connectivity index (χ2n) is 3.83. The molecular formula is C13H8Br2N2OS. The molecule has 0 aliphatic carbocycles. The Bertz CT molecular complexity index is 669. The maximum absolute atomic E-state index is 12.0. The fraction of sp³-hybridized carbons (Fsp3) is 0.0769. The van der Waals surface area contributed by atoms with Crippen molar-refractivity contribution in [1.29, 1.82) is 5.26 Å². The summed E-state index contributed by atoms with van der Waals surface area (Å²) >= 11 is 8.08. The molecule has 0 aliphatic rings. The van der Waals surface area contributed by atoms with Crippen molar-refractivity contribution >= 4 is 54.8 Å². The molecule has 1 N–H and O–H groups in total. The van der Waals surface area contributed by atoms with Crippen LogP contribution >= 0.6 is 43.2 Å². The monoisotopic (exact) mass is 398 g/mol. The summed E-state index contributed by atoms with van der Waals surface area (Å²) in [5.74, 6) is -0.157. The van der Waals surface area contributed by atoms with Crippen molar-refractivity contribution in [2.45, 2.75) is 6.92 Å². The number of thiophene rings is 1. The highest BCUT2D eigenvalue weighted by Crippen LogP contribution is 2.28. The van der Waals surface area contributed by atoms with E-state index in [9.17, 15) is 4.79 Å². The van der Waals surface area contributed by atoms with E-state index < -0.39 is 0 Å². The predicted octanol–water partition coefficient (Wildman–Crippen LogP) is 4.71. The minimum absolute atomic E-state index is 0.157. The van der Waals surface area contributed by atoms with E-state index >= 15 is 0 Å². The van der Waals surface area contributed by atoms with Crippen LogP contribution in [0, 0.1) is 18.3 Å². The Labute approximate surface area is 131 Å². The van der Waals surface area contributed by atoms with Crippen LogP contribution in [-0.4, -0.2) is 5.91 Å². The first-order valence-corrected chi connectivity index (χ1v) is 7.68. The van der Waals surface area contributed by atoms with Crippen LogP contribution in [0.25, 0.3) is 0 Å². The van der Waals surface area contributed by atoms with Gasteiger partial charge in [0.05, 0.1) is 14.2 Å². The maximum Gasteiger partial charge on any atom is 0.265 e. The van der Waals surface area contributed by atoms with Crippen molar-refractivity contribution in [2.75, 3.05) is 5.32 Å². The van der Waals surface area contributed by atoms with Crippen molar-refractivity contribution in [1.82, 2.24) is 0 Å². The Hall–Kier alpha value is -1.16. The highest BCUT2D eigenvalue weighted by atomic mass is 79.9. The van der Waals surface area contributed by atoms with Gasteiger partial charge in [-0.15, -0.1) is 11.3 Å². The second kappa shape index (κ2) is 5.87. The number of nitrogens with zero attached hydrogens (tertiary/aromatic N) is 1. The summed E-state index contributed by atoms with van der Waals surface area (Å²) in [7, 11) is 0. The van der Waals surface area contributed by atoms with Gasteiger partial charge in [0.2, 0.25) is 0 Å². The van der Waals surface area contributed by atoms with Gasteiger partial charge in [0, 0.05) is 10.2 Å². The molecule has 1 amide bonds. The summed E-state index contributed by atoms with van der Waals surface area (Å²) < 4.78 is 1.62. The molecule has 1 aromatic heterocycles. The van der Waals surface area contributed by atoms with E-state index in [1.807, 2.05) is 13.0 Å². The van der Waals surface area contributed by atoms with Crippen LogP contribution in [0.4, 0.5) is 5.69 Å². The van der Waals surface area contributed by atoms with Crippen LogP contribution in [0.1, 0.15) is 20.8 Å². The number of nitriles is 1. The smallest absolute Gasteiger partial charge is 0.265 e. The van der Waals surface area contributed by atoms with Crippen LogP contribution in [-0.2, 0) is 0 Å². The van der Waals surface area contributed by atoms with Crippen LogP contribution in [0.15, 0.2) is 32.5 Å². The largest absolute Gasteiger partial charge is 0.321 e. The second-order valence-corrected chi connectivity index (χ2v) is 7.05. The molecular weight excluding hydrogens is 392 g/mol. The minimum Gasteiger partial charge on any atom is -0.321 e. The highest BCUT2D eigenvalue weighted by molar-refractivity contribution is 9.11. The van der Waals surface area contributed by atoms with Gasteiger partial charge in [-0.1, -0.05) is 0 Å². The number of hydrogen-bond donors (Lipinski definition) is 1. The van der Waals surface area contributed by atoms with Crippen LogP contribution < -0.4 is 5.32 Å². The van der Waals surface area contributed by atoms with E-state index in [0.29, 0.717) is 20.6 Å². The zero-order valence-electron chi connectivity index (χ0n) is 9.83. The predicted molar refractivity (Wildman–Crippen MR) is 83.6 cm³/mol. The number of benzene rings is 1. The summed E-state index contributed by atoms with van der Waals surface area (Å²) in [5.41, 5.74) is 2.22. The number of anilines is 1. The third-order valence-corrected chi connectivity index (χ3v) is 5.22. The summed E-state index contributed by atoms with van der Waals surface area (Å²) in [5, 5.41) is 11.6. The molecule has 0 spiro atoms. The van der Waals surface area contributed by atoms with Gasteiger partial charge < -0.3 is 5.32 Å². The average molecular weight is 400 g/mol. The molecule has 0 fully saturated rings. The highest BCUT2D eigenvalue weighted by Gasteiger charge is 2.12. The number of rotatable bonds is 2. The third kappa shape index (κ3) is 3.24. The summed E-state index contributed by atoms with van der Waals surface area (Å²) in [4.78, 5) is 12.7. The molecule has 0 bridgehead atoms. The number of hydrogen-bond acceptors (Lipinski definition) is 3. The Balaban J connectivity index is 2.20. The normalized spacial score (nSPS) is 10.0. The van der Waals surface area contributed by atoms with Gasteiger partial charge >= 0.3 is 0 Å². The van der Waals surface area contributed by atoms with Crippen LogP contribution in [0.5, 0.6) is 0 Å². The van der Waals surface area contributed by atoms with Crippen molar-refractivity contribution < 1.29 is 4.79 Å². The van der Waals surface area contributed by atoms with Gasteiger partial charge in [-0.2, -0.15) is 5.26 Å². The zero-order chi connectivity index (χ0) is 14.0. The molecule has 1 aromatic carbocycles. The van der Waals surface area contributed by atoms with Crippen LogP contribution in [0.2, 0.25) is 0 Å². The lowest BCUT2D eigenvalue weighted by atomic mass is 10.2. The lowest BCUT2D eigenvalue weighted by Gasteiger charge is -2.04. The lowest BCUT2D eigenvalue weighted by Crippen LogP contribution is -2.10. The lowest BCUT2D eigenvalue weighted by molar-refractivity contribution is 0.103. The number of aryl methyl sites for hydroxylation is 1. The Morgan fingerprint density at radius 2 is 2.11 bits per heavy atom. The molecule has 0 atom stereocenters.